The molecule has 4 heteroatoms. The van der Waals surface area contributed by atoms with E-state index in [9.17, 15) is 0 Å². The van der Waals surface area contributed by atoms with E-state index in [2.05, 4.69) is 80.9 Å². The fraction of sp³-hybridized carbons (Fsp3) is 0.250. The van der Waals surface area contributed by atoms with Gasteiger partial charge in [-0.15, -0.1) is 0 Å². The first-order valence-corrected chi connectivity index (χ1v) is 10.4. The van der Waals surface area contributed by atoms with Gasteiger partial charge in [-0.1, -0.05) is 56.6 Å². The maximum absolute atomic E-state index is 4.99. The van der Waals surface area contributed by atoms with Crippen LogP contribution in [0.15, 0.2) is 48.7 Å². The summed E-state index contributed by atoms with van der Waals surface area (Å²) in [5, 5.41) is 2.56. The fourth-order valence-electron chi connectivity index (χ4n) is 3.95. The molecular formula is C24H23N3S. The van der Waals surface area contributed by atoms with E-state index in [-0.39, 0.29) is 5.41 Å². The second-order valence-electron chi connectivity index (χ2n) is 8.52. The Morgan fingerprint density at radius 3 is 2.57 bits per heavy atom. The molecule has 3 heterocycles. The van der Waals surface area contributed by atoms with E-state index in [1.54, 1.807) is 11.5 Å². The van der Waals surface area contributed by atoms with Crippen molar-refractivity contribution in [3.8, 4) is 11.3 Å². The summed E-state index contributed by atoms with van der Waals surface area (Å²) in [5.41, 5.74) is 7.89. The molecule has 0 aliphatic heterocycles. The van der Waals surface area contributed by atoms with E-state index in [1.165, 1.54) is 26.8 Å². The van der Waals surface area contributed by atoms with Gasteiger partial charge in [-0.2, -0.15) is 0 Å². The van der Waals surface area contributed by atoms with Crippen molar-refractivity contribution in [1.82, 2.24) is 13.8 Å². The van der Waals surface area contributed by atoms with Crippen molar-refractivity contribution in [1.29, 1.82) is 0 Å². The molecule has 0 spiro atoms. The van der Waals surface area contributed by atoms with Crippen LogP contribution in [0.3, 0.4) is 0 Å². The molecule has 3 aromatic heterocycles. The number of fused-ring (bicyclic) bond motifs is 4. The van der Waals surface area contributed by atoms with E-state index >= 15 is 0 Å². The summed E-state index contributed by atoms with van der Waals surface area (Å²) in [4.78, 5) is 11.1. The SMILES string of the molecule is Cc1sn2c(nc3c(-c4cc(C(C)(C)C)c5ccccc5c4)nccc32)c1C. The maximum Gasteiger partial charge on any atom is 0.151 e. The van der Waals surface area contributed by atoms with Crippen molar-refractivity contribution in [3.05, 3.63) is 64.7 Å². The molecular weight excluding hydrogens is 362 g/mol. The van der Waals surface area contributed by atoms with Crippen molar-refractivity contribution >= 4 is 39.0 Å². The van der Waals surface area contributed by atoms with Gasteiger partial charge in [-0.05, 0) is 53.8 Å². The third-order valence-electron chi connectivity index (χ3n) is 5.57. The Labute approximate surface area is 168 Å². The predicted octanol–water partition coefficient (Wildman–Crippen LogP) is 6.68. The van der Waals surface area contributed by atoms with Crippen LogP contribution in [0.5, 0.6) is 0 Å². The minimum atomic E-state index is 0.0474. The Balaban J connectivity index is 1.85. The van der Waals surface area contributed by atoms with Crippen LogP contribution in [-0.2, 0) is 5.41 Å². The quantitative estimate of drug-likeness (QED) is 0.322. The van der Waals surface area contributed by atoms with Crippen LogP contribution in [0.2, 0.25) is 0 Å². The monoisotopic (exact) mass is 385 g/mol. The predicted molar refractivity (Wildman–Crippen MR) is 119 cm³/mol. The zero-order chi connectivity index (χ0) is 19.6. The van der Waals surface area contributed by atoms with Gasteiger partial charge in [0.25, 0.3) is 0 Å². The average molecular weight is 386 g/mol. The third kappa shape index (κ3) is 2.48. The maximum atomic E-state index is 4.99. The minimum absolute atomic E-state index is 0.0474. The number of rotatable bonds is 1. The van der Waals surface area contributed by atoms with Crippen LogP contribution in [0.4, 0.5) is 0 Å². The highest BCUT2D eigenvalue weighted by molar-refractivity contribution is 7.07. The van der Waals surface area contributed by atoms with E-state index in [0.29, 0.717) is 0 Å². The Bertz CT molecular complexity index is 1370. The second-order valence-corrected chi connectivity index (χ2v) is 9.68. The molecule has 0 aliphatic rings. The molecule has 0 atom stereocenters. The van der Waals surface area contributed by atoms with Gasteiger partial charge in [-0.25, -0.2) is 8.77 Å². The number of hydrogen-bond donors (Lipinski definition) is 0. The molecule has 140 valence electrons. The lowest BCUT2D eigenvalue weighted by atomic mass is 9.82. The lowest BCUT2D eigenvalue weighted by Gasteiger charge is -2.22. The zero-order valence-electron chi connectivity index (χ0n) is 16.9. The Hall–Kier alpha value is -2.72. The second kappa shape index (κ2) is 5.89. The summed E-state index contributed by atoms with van der Waals surface area (Å²) in [5.74, 6) is 0. The molecule has 0 N–H and O–H groups in total. The lowest BCUT2D eigenvalue weighted by molar-refractivity contribution is 0.596. The van der Waals surface area contributed by atoms with Gasteiger partial charge in [-0.3, -0.25) is 4.98 Å². The van der Waals surface area contributed by atoms with E-state index < -0.39 is 0 Å². The summed E-state index contributed by atoms with van der Waals surface area (Å²) in [6.07, 6.45) is 1.90. The van der Waals surface area contributed by atoms with Crippen LogP contribution >= 0.6 is 11.5 Å². The van der Waals surface area contributed by atoms with Crippen molar-refractivity contribution in [2.75, 3.05) is 0 Å². The van der Waals surface area contributed by atoms with Gasteiger partial charge in [0.1, 0.15) is 5.52 Å². The Kier molecular flexibility index (Phi) is 3.65. The van der Waals surface area contributed by atoms with Gasteiger partial charge in [0, 0.05) is 22.2 Å². The molecule has 28 heavy (non-hydrogen) atoms. The summed E-state index contributed by atoms with van der Waals surface area (Å²) >= 11 is 1.76. The first-order valence-electron chi connectivity index (χ1n) is 9.62. The van der Waals surface area contributed by atoms with Crippen LogP contribution in [0.25, 0.3) is 38.7 Å². The number of hydrogen-bond acceptors (Lipinski definition) is 3. The standard InChI is InChI=1S/C24H23N3S/c1-14-15(2)28-27-20-10-11-25-21(22(20)26-23(14)27)17-12-16-8-6-7-9-18(16)19(13-17)24(3,4)5/h6-13H,1-5H3. The molecule has 2 aromatic carbocycles. The summed E-state index contributed by atoms with van der Waals surface area (Å²) in [6.45, 7) is 11.1. The normalized spacial score (nSPS) is 12.5. The van der Waals surface area contributed by atoms with Gasteiger partial charge in [0.2, 0.25) is 0 Å². The summed E-state index contributed by atoms with van der Waals surface area (Å²) < 4.78 is 2.23. The fourth-order valence-corrected chi connectivity index (χ4v) is 4.97. The molecule has 5 rings (SSSR count). The van der Waals surface area contributed by atoms with Crippen molar-refractivity contribution in [3.63, 3.8) is 0 Å². The smallest absolute Gasteiger partial charge is 0.151 e. The highest BCUT2D eigenvalue weighted by Crippen LogP contribution is 2.37. The van der Waals surface area contributed by atoms with Gasteiger partial charge in [0.05, 0.1) is 11.2 Å². The topological polar surface area (TPSA) is 30.2 Å². The summed E-state index contributed by atoms with van der Waals surface area (Å²) in [6, 6.07) is 15.2. The average Bonchev–Trinajstić information content (AvgIpc) is 3.16. The zero-order valence-corrected chi connectivity index (χ0v) is 17.7. The molecule has 0 aliphatic carbocycles. The molecule has 0 saturated carbocycles. The number of nitrogens with zero attached hydrogens (tertiary/aromatic N) is 3. The Morgan fingerprint density at radius 1 is 1.00 bits per heavy atom. The van der Waals surface area contributed by atoms with Gasteiger partial charge >= 0.3 is 0 Å². The van der Waals surface area contributed by atoms with Crippen molar-refractivity contribution < 1.29 is 0 Å². The molecule has 0 amide bonds. The highest BCUT2D eigenvalue weighted by Gasteiger charge is 2.21. The number of benzene rings is 2. The minimum Gasteiger partial charge on any atom is -0.254 e. The first-order chi connectivity index (χ1) is 13.3. The number of aryl methyl sites for hydroxylation is 2. The molecule has 0 fully saturated rings. The first kappa shape index (κ1) is 17.4. The molecule has 0 unspecified atom stereocenters. The largest absolute Gasteiger partial charge is 0.254 e. The lowest BCUT2D eigenvalue weighted by Crippen LogP contribution is -2.12. The highest BCUT2D eigenvalue weighted by atomic mass is 32.1. The van der Waals surface area contributed by atoms with Crippen LogP contribution < -0.4 is 0 Å². The van der Waals surface area contributed by atoms with E-state index in [1.807, 2.05) is 6.20 Å². The van der Waals surface area contributed by atoms with Crippen molar-refractivity contribution in [2.24, 2.45) is 0 Å². The Morgan fingerprint density at radius 2 is 1.79 bits per heavy atom. The molecule has 0 radical (unpaired) electrons. The number of imidazole rings is 1. The molecule has 0 bridgehead atoms. The van der Waals surface area contributed by atoms with E-state index in [4.69, 9.17) is 9.97 Å². The van der Waals surface area contributed by atoms with Gasteiger partial charge in [0.15, 0.2) is 5.65 Å². The molecule has 3 nitrogen and oxygen atoms in total. The molecule has 0 saturated heterocycles. The van der Waals surface area contributed by atoms with Gasteiger partial charge < -0.3 is 0 Å². The van der Waals surface area contributed by atoms with Crippen LogP contribution in [0.1, 0.15) is 36.8 Å². The van der Waals surface area contributed by atoms with Crippen molar-refractivity contribution in [2.45, 2.75) is 40.0 Å². The van der Waals surface area contributed by atoms with E-state index in [0.717, 1.165) is 27.9 Å². The number of aromatic nitrogens is 3. The summed E-state index contributed by atoms with van der Waals surface area (Å²) in [7, 11) is 0. The number of pyridine rings is 1. The molecule has 5 aromatic rings. The van der Waals surface area contributed by atoms with Crippen LogP contribution in [-0.4, -0.2) is 13.8 Å². The third-order valence-corrected chi connectivity index (χ3v) is 6.70. The van der Waals surface area contributed by atoms with Crippen LogP contribution in [0, 0.1) is 13.8 Å².